The lowest BCUT2D eigenvalue weighted by molar-refractivity contribution is -0.112. The third kappa shape index (κ3) is 5.79. The second-order valence-electron chi connectivity index (χ2n) is 5.44. The Balaban J connectivity index is 2.36. The standard InChI is InChI=1S/C20H14Cl3N3O3/c1-2-28-17-10-12(9-15(22)19(17)29-7-6-24)8-13(11-25)20(27)26-16-5-3-4-14(21)18(16)23/h3-5,8-10H,2,7H2,1H3,(H,26,27)/b13-8-. The van der Waals surface area contributed by atoms with E-state index in [1.807, 2.05) is 12.1 Å². The molecule has 0 saturated carbocycles. The maximum atomic E-state index is 12.5. The van der Waals surface area contributed by atoms with E-state index in [9.17, 15) is 10.1 Å². The first-order valence-electron chi connectivity index (χ1n) is 8.24. The Morgan fingerprint density at radius 1 is 1.17 bits per heavy atom. The van der Waals surface area contributed by atoms with Gasteiger partial charge in [-0.3, -0.25) is 4.79 Å². The van der Waals surface area contributed by atoms with Crippen molar-refractivity contribution in [1.82, 2.24) is 0 Å². The Morgan fingerprint density at radius 2 is 1.93 bits per heavy atom. The van der Waals surface area contributed by atoms with Crippen molar-refractivity contribution in [3.63, 3.8) is 0 Å². The molecule has 0 bridgehead atoms. The van der Waals surface area contributed by atoms with Crippen LogP contribution in [-0.4, -0.2) is 19.1 Å². The highest BCUT2D eigenvalue weighted by Crippen LogP contribution is 2.37. The molecule has 0 spiro atoms. The zero-order valence-electron chi connectivity index (χ0n) is 15.1. The molecule has 0 aliphatic carbocycles. The van der Waals surface area contributed by atoms with Gasteiger partial charge < -0.3 is 14.8 Å². The van der Waals surface area contributed by atoms with Crippen LogP contribution >= 0.6 is 34.8 Å². The maximum absolute atomic E-state index is 12.5. The van der Waals surface area contributed by atoms with Crippen LogP contribution in [0.3, 0.4) is 0 Å². The van der Waals surface area contributed by atoms with Gasteiger partial charge in [0.1, 0.15) is 17.7 Å². The number of nitrogens with one attached hydrogen (secondary N) is 1. The van der Waals surface area contributed by atoms with Crippen LogP contribution in [0.25, 0.3) is 6.08 Å². The van der Waals surface area contributed by atoms with E-state index in [-0.39, 0.29) is 44.4 Å². The zero-order chi connectivity index (χ0) is 21.4. The van der Waals surface area contributed by atoms with Crippen LogP contribution in [0.5, 0.6) is 11.5 Å². The number of halogens is 3. The lowest BCUT2D eigenvalue weighted by atomic mass is 10.1. The summed E-state index contributed by atoms with van der Waals surface area (Å²) < 4.78 is 10.8. The summed E-state index contributed by atoms with van der Waals surface area (Å²) in [7, 11) is 0. The van der Waals surface area contributed by atoms with Crippen molar-refractivity contribution < 1.29 is 14.3 Å². The van der Waals surface area contributed by atoms with Crippen LogP contribution in [0.2, 0.25) is 15.1 Å². The van der Waals surface area contributed by atoms with E-state index in [1.165, 1.54) is 12.1 Å². The number of anilines is 1. The molecule has 0 heterocycles. The molecule has 29 heavy (non-hydrogen) atoms. The topological polar surface area (TPSA) is 95.1 Å². The van der Waals surface area contributed by atoms with Crippen LogP contribution in [0.4, 0.5) is 5.69 Å². The molecule has 0 atom stereocenters. The van der Waals surface area contributed by atoms with Crippen molar-refractivity contribution in [1.29, 1.82) is 10.5 Å². The predicted molar refractivity (Wildman–Crippen MR) is 112 cm³/mol. The van der Waals surface area contributed by atoms with E-state index in [1.54, 1.807) is 31.2 Å². The van der Waals surface area contributed by atoms with Gasteiger partial charge in [-0.1, -0.05) is 40.9 Å². The van der Waals surface area contributed by atoms with Crippen molar-refractivity contribution >= 4 is 52.5 Å². The molecule has 0 aromatic heterocycles. The SMILES string of the molecule is CCOc1cc(/C=C(/C#N)C(=O)Nc2cccc(Cl)c2Cl)cc(Cl)c1OCC#N. The molecule has 0 unspecified atom stereocenters. The highest BCUT2D eigenvalue weighted by molar-refractivity contribution is 6.44. The van der Waals surface area contributed by atoms with Crippen molar-refractivity contribution in [2.75, 3.05) is 18.5 Å². The Morgan fingerprint density at radius 3 is 2.59 bits per heavy atom. The Bertz CT molecular complexity index is 1040. The predicted octanol–water partition coefficient (Wildman–Crippen LogP) is 5.49. The summed E-state index contributed by atoms with van der Waals surface area (Å²) in [6.45, 7) is 1.89. The first-order valence-corrected chi connectivity index (χ1v) is 9.37. The Labute approximate surface area is 182 Å². The minimum Gasteiger partial charge on any atom is -0.490 e. The van der Waals surface area contributed by atoms with Gasteiger partial charge in [0.25, 0.3) is 5.91 Å². The summed E-state index contributed by atoms with van der Waals surface area (Å²) in [4.78, 5) is 12.5. The van der Waals surface area contributed by atoms with E-state index < -0.39 is 5.91 Å². The molecule has 2 rings (SSSR count). The Hall–Kier alpha value is -2.90. The highest BCUT2D eigenvalue weighted by atomic mass is 35.5. The minimum atomic E-state index is -0.671. The number of carbonyl (C=O) groups excluding carboxylic acids is 1. The summed E-state index contributed by atoms with van der Waals surface area (Å²) in [6.07, 6.45) is 1.34. The van der Waals surface area contributed by atoms with Crippen LogP contribution in [-0.2, 0) is 4.79 Å². The lowest BCUT2D eigenvalue weighted by Crippen LogP contribution is -2.13. The van der Waals surface area contributed by atoms with Gasteiger partial charge in [0.05, 0.1) is 27.4 Å². The quantitative estimate of drug-likeness (QED) is 0.444. The van der Waals surface area contributed by atoms with Gasteiger partial charge in [0.15, 0.2) is 18.1 Å². The van der Waals surface area contributed by atoms with E-state index in [0.29, 0.717) is 12.2 Å². The molecule has 6 nitrogen and oxygen atoms in total. The maximum Gasteiger partial charge on any atom is 0.266 e. The van der Waals surface area contributed by atoms with E-state index >= 15 is 0 Å². The molecule has 0 radical (unpaired) electrons. The summed E-state index contributed by atoms with van der Waals surface area (Å²) in [6, 6.07) is 11.5. The summed E-state index contributed by atoms with van der Waals surface area (Å²) in [5, 5.41) is 21.3. The molecule has 1 amide bonds. The zero-order valence-corrected chi connectivity index (χ0v) is 17.4. The van der Waals surface area contributed by atoms with Gasteiger partial charge in [-0.25, -0.2) is 0 Å². The lowest BCUT2D eigenvalue weighted by Gasteiger charge is -2.13. The number of amides is 1. The molecule has 148 valence electrons. The molecule has 2 aromatic carbocycles. The smallest absolute Gasteiger partial charge is 0.266 e. The van der Waals surface area contributed by atoms with Gasteiger partial charge >= 0.3 is 0 Å². The van der Waals surface area contributed by atoms with Gasteiger partial charge in [0, 0.05) is 0 Å². The number of rotatable bonds is 7. The molecule has 0 aliphatic heterocycles. The Kier molecular flexibility index (Phi) is 8.18. The van der Waals surface area contributed by atoms with Gasteiger partial charge in [-0.15, -0.1) is 0 Å². The third-order valence-electron chi connectivity index (χ3n) is 3.49. The van der Waals surface area contributed by atoms with Crippen molar-refractivity contribution in [2.24, 2.45) is 0 Å². The molecule has 0 aliphatic rings. The fourth-order valence-electron chi connectivity index (χ4n) is 2.28. The number of ether oxygens (including phenoxy) is 2. The molecular formula is C20H14Cl3N3O3. The number of carbonyl (C=O) groups is 1. The molecule has 2 aromatic rings. The average Bonchev–Trinajstić information content (AvgIpc) is 2.69. The summed E-state index contributed by atoms with van der Waals surface area (Å²) >= 11 is 18.2. The monoisotopic (exact) mass is 449 g/mol. The van der Waals surface area contributed by atoms with Gasteiger partial charge in [-0.05, 0) is 42.8 Å². The van der Waals surface area contributed by atoms with Crippen LogP contribution in [0.15, 0.2) is 35.9 Å². The fraction of sp³-hybridized carbons (Fsp3) is 0.150. The summed E-state index contributed by atoms with van der Waals surface area (Å²) in [5.74, 6) is -0.173. The minimum absolute atomic E-state index is 0.167. The average molecular weight is 451 g/mol. The van der Waals surface area contributed by atoms with E-state index in [2.05, 4.69) is 5.32 Å². The number of benzene rings is 2. The largest absolute Gasteiger partial charge is 0.490 e. The molecule has 1 N–H and O–H groups in total. The molecule has 0 saturated heterocycles. The number of hydrogen-bond donors (Lipinski definition) is 1. The van der Waals surface area contributed by atoms with Crippen LogP contribution in [0, 0.1) is 22.7 Å². The van der Waals surface area contributed by atoms with Gasteiger partial charge in [0.2, 0.25) is 0 Å². The molecular weight excluding hydrogens is 437 g/mol. The van der Waals surface area contributed by atoms with Crippen molar-refractivity contribution in [2.45, 2.75) is 6.92 Å². The molecule has 0 fully saturated rings. The number of nitrogens with zero attached hydrogens (tertiary/aromatic N) is 2. The van der Waals surface area contributed by atoms with E-state index in [4.69, 9.17) is 49.5 Å². The van der Waals surface area contributed by atoms with Gasteiger partial charge in [-0.2, -0.15) is 10.5 Å². The highest BCUT2D eigenvalue weighted by Gasteiger charge is 2.16. The van der Waals surface area contributed by atoms with Crippen molar-refractivity contribution in [3.8, 4) is 23.6 Å². The first kappa shape index (κ1) is 22.4. The molecule has 9 heteroatoms. The second-order valence-corrected chi connectivity index (χ2v) is 6.63. The second kappa shape index (κ2) is 10.6. The van der Waals surface area contributed by atoms with Crippen LogP contribution < -0.4 is 14.8 Å². The first-order chi connectivity index (χ1) is 13.9. The number of hydrogen-bond acceptors (Lipinski definition) is 5. The summed E-state index contributed by atoms with van der Waals surface area (Å²) in [5.41, 5.74) is 0.524. The number of nitriles is 2. The normalized spacial score (nSPS) is 10.6. The third-order valence-corrected chi connectivity index (χ3v) is 4.59. The van der Waals surface area contributed by atoms with E-state index in [0.717, 1.165) is 0 Å². The fourth-order valence-corrected chi connectivity index (χ4v) is 2.91. The van der Waals surface area contributed by atoms with Crippen molar-refractivity contribution in [3.05, 3.63) is 56.5 Å². The van der Waals surface area contributed by atoms with Crippen LogP contribution in [0.1, 0.15) is 12.5 Å².